The number of halogens is 1. The van der Waals surface area contributed by atoms with Crippen molar-refractivity contribution in [3.05, 3.63) is 28.8 Å². The number of rotatable bonds is 5. The smallest absolute Gasteiger partial charge is 0.261 e. The van der Waals surface area contributed by atoms with Crippen molar-refractivity contribution in [2.75, 3.05) is 6.54 Å². The summed E-state index contributed by atoms with van der Waals surface area (Å²) in [5, 5.41) is 2.75. The van der Waals surface area contributed by atoms with Gasteiger partial charge in [-0.05, 0) is 19.1 Å². The zero-order chi connectivity index (χ0) is 13.5. The fourth-order valence-electron chi connectivity index (χ4n) is 1.25. The molecule has 0 aliphatic carbocycles. The molecule has 18 heavy (non-hydrogen) atoms. The fourth-order valence-corrected chi connectivity index (χ4v) is 1.48. The average Bonchev–Trinajstić information content (AvgIpc) is 2.38. The van der Waals surface area contributed by atoms with Gasteiger partial charge >= 0.3 is 0 Å². The van der Waals surface area contributed by atoms with Gasteiger partial charge in [-0.15, -0.1) is 6.42 Å². The number of terminal acetylenes is 1. The number of carbonyl (C=O) groups excluding carboxylic acids is 2. The molecule has 0 spiro atoms. The third-order valence-electron chi connectivity index (χ3n) is 2.15. The van der Waals surface area contributed by atoms with E-state index in [1.54, 1.807) is 25.1 Å². The lowest BCUT2D eigenvalue weighted by atomic mass is 10.2. The Balaban J connectivity index is 2.81. The van der Waals surface area contributed by atoms with Crippen molar-refractivity contribution in [1.82, 2.24) is 5.32 Å². The van der Waals surface area contributed by atoms with E-state index >= 15 is 0 Å². The molecule has 0 bridgehead atoms. The maximum Gasteiger partial charge on any atom is 0.261 e. The zero-order valence-electron chi connectivity index (χ0n) is 9.77. The Bertz CT molecular complexity index is 493. The summed E-state index contributed by atoms with van der Waals surface area (Å²) in [5.74, 6) is 2.10. The molecule has 1 aromatic rings. The molecule has 1 N–H and O–H groups in total. The van der Waals surface area contributed by atoms with E-state index in [-0.39, 0.29) is 23.2 Å². The van der Waals surface area contributed by atoms with Crippen LogP contribution in [0.4, 0.5) is 0 Å². The van der Waals surface area contributed by atoms with Crippen LogP contribution < -0.4 is 10.1 Å². The van der Waals surface area contributed by atoms with Gasteiger partial charge in [0.1, 0.15) is 5.75 Å². The normalized spacial score (nSPS) is 11.2. The highest BCUT2D eigenvalue weighted by Crippen LogP contribution is 2.28. The number of hydrogen-bond acceptors (Lipinski definition) is 3. The van der Waals surface area contributed by atoms with Crippen LogP contribution in [-0.2, 0) is 4.79 Å². The largest absolute Gasteiger partial charge is 0.479 e. The summed E-state index contributed by atoms with van der Waals surface area (Å²) in [7, 11) is 0. The lowest BCUT2D eigenvalue weighted by Gasteiger charge is -2.16. The first-order valence-corrected chi connectivity index (χ1v) is 5.59. The molecule has 1 amide bonds. The van der Waals surface area contributed by atoms with Crippen LogP contribution in [0.5, 0.6) is 5.75 Å². The van der Waals surface area contributed by atoms with Crippen molar-refractivity contribution >= 4 is 23.8 Å². The van der Waals surface area contributed by atoms with Crippen molar-refractivity contribution in [2.24, 2.45) is 0 Å². The second kappa shape index (κ2) is 6.67. The van der Waals surface area contributed by atoms with Gasteiger partial charge in [0.25, 0.3) is 5.91 Å². The third-order valence-corrected chi connectivity index (χ3v) is 2.45. The molecule has 0 saturated carbocycles. The van der Waals surface area contributed by atoms with Gasteiger partial charge in [-0.1, -0.05) is 23.6 Å². The number of amides is 1. The Morgan fingerprint density at radius 1 is 1.67 bits per heavy atom. The highest BCUT2D eigenvalue weighted by Gasteiger charge is 2.17. The predicted octanol–water partition coefficient (Wildman–Crippen LogP) is 1.67. The lowest BCUT2D eigenvalue weighted by Crippen LogP contribution is -2.36. The summed E-state index contributed by atoms with van der Waals surface area (Å²) in [6, 6.07) is 4.76. The summed E-state index contributed by atoms with van der Waals surface area (Å²) < 4.78 is 5.38. The van der Waals surface area contributed by atoms with E-state index in [2.05, 4.69) is 11.2 Å². The molecular weight excluding hydrogens is 254 g/mol. The number of para-hydroxylation sites is 1. The molecule has 0 aliphatic rings. The first kappa shape index (κ1) is 14.1. The highest BCUT2D eigenvalue weighted by molar-refractivity contribution is 6.32. The Hall–Kier alpha value is -1.99. The minimum Gasteiger partial charge on any atom is -0.479 e. The van der Waals surface area contributed by atoms with E-state index < -0.39 is 6.10 Å². The second-order valence-corrected chi connectivity index (χ2v) is 3.87. The Kier molecular flexibility index (Phi) is 5.22. The summed E-state index contributed by atoms with van der Waals surface area (Å²) >= 11 is 5.91. The van der Waals surface area contributed by atoms with Crippen molar-refractivity contribution in [3.63, 3.8) is 0 Å². The molecule has 4 nitrogen and oxygen atoms in total. The second-order valence-electron chi connectivity index (χ2n) is 3.46. The standard InChI is InChI=1S/C13H12ClNO3/c1-3-7-15-13(17)9(2)18-12-10(8-16)5-4-6-11(12)14/h1,4-6,8-9H,7H2,2H3,(H,15,17). The van der Waals surface area contributed by atoms with Crippen molar-refractivity contribution in [3.8, 4) is 18.1 Å². The van der Waals surface area contributed by atoms with Crippen molar-refractivity contribution in [1.29, 1.82) is 0 Å². The number of carbonyl (C=O) groups is 2. The van der Waals surface area contributed by atoms with Gasteiger partial charge in [0, 0.05) is 0 Å². The van der Waals surface area contributed by atoms with E-state index in [4.69, 9.17) is 22.8 Å². The summed E-state index contributed by atoms with van der Waals surface area (Å²) in [6.07, 6.45) is 4.85. The molecule has 5 heteroatoms. The van der Waals surface area contributed by atoms with Gasteiger partial charge in [-0.25, -0.2) is 0 Å². The average molecular weight is 266 g/mol. The predicted molar refractivity (Wildman–Crippen MR) is 68.8 cm³/mol. The minimum absolute atomic E-state index is 0.121. The summed E-state index contributed by atoms with van der Waals surface area (Å²) in [5.41, 5.74) is 0.291. The van der Waals surface area contributed by atoms with Crippen LogP contribution in [0.2, 0.25) is 5.02 Å². The molecule has 1 aromatic carbocycles. The Morgan fingerprint density at radius 2 is 2.39 bits per heavy atom. The molecular formula is C13H12ClNO3. The van der Waals surface area contributed by atoms with E-state index in [0.717, 1.165) is 0 Å². The molecule has 0 fully saturated rings. The van der Waals surface area contributed by atoms with Gasteiger partial charge in [0.05, 0.1) is 17.1 Å². The van der Waals surface area contributed by atoms with Crippen LogP contribution in [0.15, 0.2) is 18.2 Å². The number of benzene rings is 1. The minimum atomic E-state index is -0.794. The SMILES string of the molecule is C#CCNC(=O)C(C)Oc1c(Cl)cccc1C=O. The monoisotopic (exact) mass is 265 g/mol. The molecule has 1 unspecified atom stereocenters. The molecule has 0 aliphatic heterocycles. The van der Waals surface area contributed by atoms with Crippen LogP contribution in [0, 0.1) is 12.3 Å². The quantitative estimate of drug-likeness (QED) is 0.651. The van der Waals surface area contributed by atoms with E-state index in [9.17, 15) is 9.59 Å². The molecule has 0 saturated heterocycles. The summed E-state index contributed by atoms with van der Waals surface area (Å²) in [4.78, 5) is 22.4. The maximum atomic E-state index is 11.6. The first-order chi connectivity index (χ1) is 8.60. The molecule has 1 rings (SSSR count). The lowest BCUT2D eigenvalue weighted by molar-refractivity contribution is -0.127. The first-order valence-electron chi connectivity index (χ1n) is 5.21. The summed E-state index contributed by atoms with van der Waals surface area (Å²) in [6.45, 7) is 1.67. The van der Waals surface area contributed by atoms with Crippen LogP contribution in [0.3, 0.4) is 0 Å². The zero-order valence-corrected chi connectivity index (χ0v) is 10.5. The topological polar surface area (TPSA) is 55.4 Å². The number of aldehydes is 1. The fraction of sp³-hybridized carbons (Fsp3) is 0.231. The van der Waals surface area contributed by atoms with Crippen molar-refractivity contribution in [2.45, 2.75) is 13.0 Å². The Morgan fingerprint density at radius 3 is 3.00 bits per heavy atom. The molecule has 0 radical (unpaired) electrons. The number of hydrogen-bond donors (Lipinski definition) is 1. The van der Waals surface area contributed by atoms with Crippen LogP contribution in [-0.4, -0.2) is 24.8 Å². The molecule has 94 valence electrons. The van der Waals surface area contributed by atoms with Crippen molar-refractivity contribution < 1.29 is 14.3 Å². The van der Waals surface area contributed by atoms with Gasteiger partial charge in [-0.2, -0.15) is 0 Å². The van der Waals surface area contributed by atoms with Crippen LogP contribution in [0.25, 0.3) is 0 Å². The molecule has 0 heterocycles. The molecule has 1 atom stereocenters. The number of ether oxygens (including phenoxy) is 1. The van der Waals surface area contributed by atoms with Gasteiger partial charge < -0.3 is 10.1 Å². The Labute approximate surface area is 110 Å². The van der Waals surface area contributed by atoms with E-state index in [0.29, 0.717) is 11.8 Å². The third kappa shape index (κ3) is 3.51. The maximum absolute atomic E-state index is 11.6. The van der Waals surface area contributed by atoms with Gasteiger partial charge in [0.2, 0.25) is 0 Å². The van der Waals surface area contributed by atoms with Gasteiger partial charge in [0.15, 0.2) is 12.4 Å². The van der Waals surface area contributed by atoms with E-state index in [1.807, 2.05) is 0 Å². The van der Waals surface area contributed by atoms with Gasteiger partial charge in [-0.3, -0.25) is 9.59 Å². The van der Waals surface area contributed by atoms with E-state index in [1.165, 1.54) is 0 Å². The van der Waals surface area contributed by atoms with Crippen LogP contribution >= 0.6 is 11.6 Å². The number of nitrogens with one attached hydrogen (secondary N) is 1. The van der Waals surface area contributed by atoms with Crippen LogP contribution in [0.1, 0.15) is 17.3 Å². The molecule has 0 aromatic heterocycles. The highest BCUT2D eigenvalue weighted by atomic mass is 35.5.